The lowest BCUT2D eigenvalue weighted by molar-refractivity contribution is 0.285. The number of hydrogen-bond acceptors (Lipinski definition) is 5. The molecule has 0 aliphatic carbocycles. The van der Waals surface area contributed by atoms with Crippen LogP contribution >= 0.6 is 11.3 Å². The molecule has 0 aromatic carbocycles. The summed E-state index contributed by atoms with van der Waals surface area (Å²) in [5.74, 6) is 0. The van der Waals surface area contributed by atoms with Crippen LogP contribution in [0, 0.1) is 0 Å². The highest BCUT2D eigenvalue weighted by atomic mass is 32.2. The first kappa shape index (κ1) is 14.1. The Kier molecular flexibility index (Phi) is 4.31. The average molecular weight is 298 g/mol. The van der Waals surface area contributed by atoms with E-state index in [0.29, 0.717) is 10.6 Å². The maximum atomic E-state index is 12.1. The van der Waals surface area contributed by atoms with Gasteiger partial charge in [0.25, 0.3) is 0 Å². The zero-order chi connectivity index (χ0) is 13.9. The Morgan fingerprint density at radius 2 is 2.26 bits per heavy atom. The fourth-order valence-electron chi connectivity index (χ4n) is 1.58. The zero-order valence-electron chi connectivity index (χ0n) is 10.3. The Morgan fingerprint density at radius 3 is 2.84 bits per heavy atom. The van der Waals surface area contributed by atoms with E-state index in [4.69, 9.17) is 5.11 Å². The topological polar surface area (TPSA) is 79.3 Å². The summed E-state index contributed by atoms with van der Waals surface area (Å²) >= 11 is 1.21. The number of aliphatic hydroxyl groups excluding tert-OH is 1. The molecule has 2 aromatic rings. The number of nitrogens with one attached hydrogen (secondary N) is 1. The molecule has 0 aliphatic rings. The molecule has 1 unspecified atom stereocenters. The smallest absolute Gasteiger partial charge is 0.242 e. The number of aliphatic hydroxyl groups is 1. The van der Waals surface area contributed by atoms with Crippen molar-refractivity contribution in [1.82, 2.24) is 9.71 Å². The molecule has 1 atom stereocenters. The molecule has 0 radical (unpaired) electrons. The van der Waals surface area contributed by atoms with Crippen molar-refractivity contribution in [3.63, 3.8) is 0 Å². The molecule has 0 bridgehead atoms. The SMILES string of the molecule is CC(NS(=O)(=O)c1csc(CO)c1)c1ccccn1. The molecule has 19 heavy (non-hydrogen) atoms. The van der Waals surface area contributed by atoms with Crippen LogP contribution in [-0.4, -0.2) is 18.5 Å². The maximum absolute atomic E-state index is 12.1. The predicted molar refractivity (Wildman–Crippen MR) is 73.2 cm³/mol. The number of nitrogens with zero attached hydrogens (tertiary/aromatic N) is 1. The lowest BCUT2D eigenvalue weighted by Crippen LogP contribution is -2.27. The van der Waals surface area contributed by atoms with Crippen molar-refractivity contribution in [2.24, 2.45) is 0 Å². The van der Waals surface area contributed by atoms with Gasteiger partial charge in [-0.3, -0.25) is 4.98 Å². The lowest BCUT2D eigenvalue weighted by atomic mass is 10.2. The van der Waals surface area contributed by atoms with Gasteiger partial charge in [0.15, 0.2) is 0 Å². The normalized spacial score (nSPS) is 13.4. The number of aromatic nitrogens is 1. The number of hydrogen-bond donors (Lipinski definition) is 2. The van der Waals surface area contributed by atoms with Gasteiger partial charge in [0.1, 0.15) is 0 Å². The maximum Gasteiger partial charge on any atom is 0.242 e. The minimum Gasteiger partial charge on any atom is -0.391 e. The van der Waals surface area contributed by atoms with Crippen LogP contribution in [0.5, 0.6) is 0 Å². The largest absolute Gasteiger partial charge is 0.391 e. The number of sulfonamides is 1. The monoisotopic (exact) mass is 298 g/mol. The van der Waals surface area contributed by atoms with E-state index in [1.54, 1.807) is 25.3 Å². The average Bonchev–Trinajstić information content (AvgIpc) is 2.89. The second-order valence-electron chi connectivity index (χ2n) is 4.00. The Morgan fingerprint density at radius 1 is 1.47 bits per heavy atom. The highest BCUT2D eigenvalue weighted by Gasteiger charge is 2.20. The zero-order valence-corrected chi connectivity index (χ0v) is 11.9. The number of thiophene rings is 1. The van der Waals surface area contributed by atoms with Gasteiger partial charge in [-0.1, -0.05) is 6.07 Å². The van der Waals surface area contributed by atoms with Crippen LogP contribution in [0.1, 0.15) is 23.5 Å². The summed E-state index contributed by atoms with van der Waals surface area (Å²) in [5.41, 5.74) is 0.656. The van der Waals surface area contributed by atoms with Crippen molar-refractivity contribution in [1.29, 1.82) is 0 Å². The molecule has 2 rings (SSSR count). The van der Waals surface area contributed by atoms with Gasteiger partial charge >= 0.3 is 0 Å². The first-order valence-corrected chi connectivity index (χ1v) is 8.01. The van der Waals surface area contributed by atoms with E-state index in [-0.39, 0.29) is 11.5 Å². The molecular weight excluding hydrogens is 284 g/mol. The summed E-state index contributed by atoms with van der Waals surface area (Å²) in [6.07, 6.45) is 1.62. The second kappa shape index (κ2) is 5.79. The van der Waals surface area contributed by atoms with Crippen LogP contribution in [0.4, 0.5) is 0 Å². The Labute approximate surface area is 116 Å². The molecule has 7 heteroatoms. The summed E-state index contributed by atoms with van der Waals surface area (Å²) in [6.45, 7) is 1.58. The molecule has 102 valence electrons. The van der Waals surface area contributed by atoms with Gasteiger partial charge in [0, 0.05) is 16.5 Å². The van der Waals surface area contributed by atoms with E-state index in [1.807, 2.05) is 6.07 Å². The van der Waals surface area contributed by atoms with Gasteiger partial charge in [-0.25, -0.2) is 13.1 Å². The van der Waals surface area contributed by atoms with Gasteiger partial charge in [-0.2, -0.15) is 0 Å². The van der Waals surface area contributed by atoms with E-state index in [2.05, 4.69) is 9.71 Å². The Hall–Kier alpha value is -1.28. The summed E-state index contributed by atoms with van der Waals surface area (Å²) in [4.78, 5) is 4.90. The molecule has 0 saturated carbocycles. The lowest BCUT2D eigenvalue weighted by Gasteiger charge is -2.12. The van der Waals surface area contributed by atoms with Crippen LogP contribution in [0.25, 0.3) is 0 Å². The van der Waals surface area contributed by atoms with Crippen molar-refractivity contribution in [2.45, 2.75) is 24.5 Å². The van der Waals surface area contributed by atoms with Crippen molar-refractivity contribution in [2.75, 3.05) is 0 Å². The highest BCUT2D eigenvalue weighted by Crippen LogP contribution is 2.21. The van der Waals surface area contributed by atoms with Gasteiger partial charge < -0.3 is 5.11 Å². The first-order valence-electron chi connectivity index (χ1n) is 5.64. The second-order valence-corrected chi connectivity index (χ2v) is 6.71. The Balaban J connectivity index is 2.17. The molecule has 2 N–H and O–H groups in total. The van der Waals surface area contributed by atoms with Crippen LogP contribution in [0.2, 0.25) is 0 Å². The molecule has 0 spiro atoms. The third kappa shape index (κ3) is 3.38. The van der Waals surface area contributed by atoms with Gasteiger partial charge in [0.05, 0.1) is 23.2 Å². The quantitative estimate of drug-likeness (QED) is 0.880. The molecular formula is C12H14N2O3S2. The van der Waals surface area contributed by atoms with Crippen molar-refractivity contribution in [3.8, 4) is 0 Å². The van der Waals surface area contributed by atoms with E-state index < -0.39 is 16.1 Å². The summed E-state index contributed by atoms with van der Waals surface area (Å²) in [5, 5.41) is 10.5. The molecule has 0 aliphatic heterocycles. The minimum absolute atomic E-state index is 0.157. The van der Waals surface area contributed by atoms with E-state index in [9.17, 15) is 8.42 Å². The van der Waals surface area contributed by atoms with Crippen molar-refractivity contribution >= 4 is 21.4 Å². The molecule has 0 fully saturated rings. The van der Waals surface area contributed by atoms with Crippen molar-refractivity contribution < 1.29 is 13.5 Å². The van der Waals surface area contributed by atoms with Crippen LogP contribution < -0.4 is 4.72 Å². The third-order valence-corrected chi connectivity index (χ3v) is 5.15. The van der Waals surface area contributed by atoms with Crippen molar-refractivity contribution in [3.05, 3.63) is 46.4 Å². The molecule has 5 nitrogen and oxygen atoms in total. The third-order valence-electron chi connectivity index (χ3n) is 2.56. The van der Waals surface area contributed by atoms with Crippen LogP contribution in [-0.2, 0) is 16.6 Å². The van der Waals surface area contributed by atoms with Crippen LogP contribution in [0.3, 0.4) is 0 Å². The molecule has 2 heterocycles. The summed E-state index contributed by atoms with van der Waals surface area (Å²) in [6, 6.07) is 6.40. The number of rotatable bonds is 5. The van der Waals surface area contributed by atoms with E-state index in [0.717, 1.165) is 0 Å². The van der Waals surface area contributed by atoms with E-state index in [1.165, 1.54) is 22.8 Å². The van der Waals surface area contributed by atoms with Crippen LogP contribution in [0.15, 0.2) is 40.7 Å². The number of pyridine rings is 1. The minimum atomic E-state index is -3.59. The fourth-order valence-corrected chi connectivity index (χ4v) is 3.93. The first-order chi connectivity index (χ1) is 9.03. The Bertz CT molecular complexity index is 638. The predicted octanol–water partition coefficient (Wildman–Crippen LogP) is 1.67. The summed E-state index contributed by atoms with van der Waals surface area (Å²) < 4.78 is 26.8. The molecule has 2 aromatic heterocycles. The molecule has 0 amide bonds. The standard InChI is InChI=1S/C12H14N2O3S2/c1-9(12-4-2-3-5-13-12)14-19(16,17)11-6-10(7-15)18-8-11/h2-6,8-9,14-15H,7H2,1H3. The summed E-state index contributed by atoms with van der Waals surface area (Å²) in [7, 11) is -3.59. The van der Waals surface area contributed by atoms with Gasteiger partial charge in [-0.15, -0.1) is 11.3 Å². The van der Waals surface area contributed by atoms with E-state index >= 15 is 0 Å². The highest BCUT2D eigenvalue weighted by molar-refractivity contribution is 7.89. The van der Waals surface area contributed by atoms with Gasteiger partial charge in [0.2, 0.25) is 10.0 Å². The molecule has 0 saturated heterocycles. The fraction of sp³-hybridized carbons (Fsp3) is 0.250. The van der Waals surface area contributed by atoms with Gasteiger partial charge in [-0.05, 0) is 25.1 Å².